The Hall–Kier alpha value is -3.57. The van der Waals surface area contributed by atoms with Crippen molar-refractivity contribution < 1.29 is 4.79 Å². The third-order valence-electron chi connectivity index (χ3n) is 6.23. The Labute approximate surface area is 197 Å². The smallest absolute Gasteiger partial charge is 0.227 e. The van der Waals surface area contributed by atoms with Crippen LogP contribution in [0.2, 0.25) is 0 Å². The number of amides is 1. The summed E-state index contributed by atoms with van der Waals surface area (Å²) in [6, 6.07) is 26.4. The van der Waals surface area contributed by atoms with Gasteiger partial charge in [-0.25, -0.2) is 4.98 Å². The Morgan fingerprint density at radius 3 is 2.33 bits per heavy atom. The van der Waals surface area contributed by atoms with Crippen LogP contribution in [-0.2, 0) is 11.2 Å². The first kappa shape index (κ1) is 21.3. The fraction of sp³-hybridized carbons (Fsp3) is 0.179. The fourth-order valence-corrected chi connectivity index (χ4v) is 5.31. The highest BCUT2D eigenvalue weighted by molar-refractivity contribution is 7.18. The lowest BCUT2D eigenvalue weighted by molar-refractivity contribution is -0.131. The molecule has 2 heterocycles. The summed E-state index contributed by atoms with van der Waals surface area (Å²) in [7, 11) is 1.87. The minimum absolute atomic E-state index is 0.0547. The summed E-state index contributed by atoms with van der Waals surface area (Å²) >= 11 is 1.65. The fourth-order valence-electron chi connectivity index (χ4n) is 4.25. The van der Waals surface area contributed by atoms with Crippen molar-refractivity contribution in [3.8, 4) is 11.1 Å². The van der Waals surface area contributed by atoms with Crippen LogP contribution in [-0.4, -0.2) is 27.8 Å². The lowest BCUT2D eigenvalue weighted by Crippen LogP contribution is -2.31. The molecule has 0 saturated carbocycles. The van der Waals surface area contributed by atoms with E-state index in [9.17, 15) is 4.79 Å². The van der Waals surface area contributed by atoms with Crippen LogP contribution in [0.4, 0.5) is 0 Å². The molecule has 0 N–H and O–H groups in total. The Morgan fingerprint density at radius 2 is 1.58 bits per heavy atom. The first-order valence-electron chi connectivity index (χ1n) is 11.1. The van der Waals surface area contributed by atoms with Gasteiger partial charge in [0.05, 0.1) is 28.2 Å². The molecule has 33 heavy (non-hydrogen) atoms. The zero-order valence-electron chi connectivity index (χ0n) is 18.9. The average molecular weight is 452 g/mol. The summed E-state index contributed by atoms with van der Waals surface area (Å²) < 4.78 is 1.14. The van der Waals surface area contributed by atoms with Gasteiger partial charge >= 0.3 is 0 Å². The molecule has 0 spiro atoms. The number of aryl methyl sites for hydroxylation is 1. The highest BCUT2D eigenvalue weighted by Crippen LogP contribution is 2.34. The van der Waals surface area contributed by atoms with Gasteiger partial charge in [-0.1, -0.05) is 60.7 Å². The van der Waals surface area contributed by atoms with Crippen LogP contribution in [0.25, 0.3) is 32.2 Å². The summed E-state index contributed by atoms with van der Waals surface area (Å²) in [4.78, 5) is 24.9. The standard InChI is InChI=1S/C28H25N3OS/c1-18-22(27(20-11-5-4-6-12-20)21-13-7-8-14-23(21)29-18)17-26(32)31(3)19(2)28-30-24-15-9-10-16-25(24)33-28/h4-16,19H,17H2,1-3H3. The van der Waals surface area contributed by atoms with Gasteiger partial charge in [0.25, 0.3) is 0 Å². The van der Waals surface area contributed by atoms with Crippen molar-refractivity contribution in [1.29, 1.82) is 0 Å². The number of carbonyl (C=O) groups is 1. The number of thiazole rings is 1. The van der Waals surface area contributed by atoms with E-state index in [0.29, 0.717) is 6.42 Å². The molecule has 0 aliphatic rings. The zero-order valence-corrected chi connectivity index (χ0v) is 19.8. The number of carbonyl (C=O) groups excluding carboxylic acids is 1. The first-order valence-corrected chi connectivity index (χ1v) is 11.9. The second-order valence-corrected chi connectivity index (χ2v) is 9.37. The van der Waals surface area contributed by atoms with Gasteiger partial charge in [-0.2, -0.15) is 0 Å². The number of fused-ring (bicyclic) bond motifs is 2. The van der Waals surface area contributed by atoms with Gasteiger partial charge in [-0.3, -0.25) is 9.78 Å². The topological polar surface area (TPSA) is 46.1 Å². The maximum absolute atomic E-state index is 13.5. The van der Waals surface area contributed by atoms with Crippen LogP contribution < -0.4 is 0 Å². The summed E-state index contributed by atoms with van der Waals surface area (Å²) in [5.41, 5.74) is 5.99. The van der Waals surface area contributed by atoms with E-state index in [1.165, 1.54) is 0 Å². The monoisotopic (exact) mass is 451 g/mol. The molecule has 0 bridgehead atoms. The first-order chi connectivity index (χ1) is 16.0. The molecule has 0 saturated heterocycles. The Morgan fingerprint density at radius 1 is 0.909 bits per heavy atom. The molecular weight excluding hydrogens is 426 g/mol. The van der Waals surface area contributed by atoms with Gasteiger partial charge in [0.15, 0.2) is 0 Å². The van der Waals surface area contributed by atoms with Gasteiger partial charge < -0.3 is 4.90 Å². The predicted molar refractivity (Wildman–Crippen MR) is 136 cm³/mol. The van der Waals surface area contributed by atoms with Crippen LogP contribution in [0.1, 0.15) is 29.2 Å². The van der Waals surface area contributed by atoms with E-state index in [1.54, 1.807) is 16.2 Å². The van der Waals surface area contributed by atoms with E-state index in [-0.39, 0.29) is 11.9 Å². The largest absolute Gasteiger partial charge is 0.336 e. The van der Waals surface area contributed by atoms with E-state index in [1.807, 2.05) is 75.5 Å². The van der Waals surface area contributed by atoms with Crippen LogP contribution in [0, 0.1) is 6.92 Å². The number of aromatic nitrogens is 2. The van der Waals surface area contributed by atoms with Crippen molar-refractivity contribution in [2.75, 3.05) is 7.05 Å². The molecule has 2 aromatic heterocycles. The van der Waals surface area contributed by atoms with Gasteiger partial charge in [-0.05, 0) is 48.7 Å². The van der Waals surface area contributed by atoms with Crippen LogP contribution >= 0.6 is 11.3 Å². The molecule has 1 atom stereocenters. The van der Waals surface area contributed by atoms with Crippen molar-refractivity contribution in [2.24, 2.45) is 0 Å². The van der Waals surface area contributed by atoms with E-state index < -0.39 is 0 Å². The molecule has 0 radical (unpaired) electrons. The maximum atomic E-state index is 13.5. The normalized spacial score (nSPS) is 12.2. The summed E-state index contributed by atoms with van der Waals surface area (Å²) in [5, 5.41) is 2.02. The lowest BCUT2D eigenvalue weighted by atomic mass is 9.92. The molecule has 0 fully saturated rings. The van der Waals surface area contributed by atoms with Crippen molar-refractivity contribution in [3.63, 3.8) is 0 Å². The molecule has 1 amide bonds. The van der Waals surface area contributed by atoms with Crippen molar-refractivity contribution >= 4 is 38.4 Å². The Bertz CT molecular complexity index is 1430. The van der Waals surface area contributed by atoms with E-state index >= 15 is 0 Å². The second-order valence-electron chi connectivity index (χ2n) is 8.31. The third kappa shape index (κ3) is 4.00. The average Bonchev–Trinajstić information content (AvgIpc) is 3.28. The number of hydrogen-bond donors (Lipinski definition) is 0. The number of pyridine rings is 1. The van der Waals surface area contributed by atoms with Crippen LogP contribution in [0.3, 0.4) is 0 Å². The van der Waals surface area contributed by atoms with Crippen molar-refractivity contribution in [1.82, 2.24) is 14.9 Å². The van der Waals surface area contributed by atoms with Gasteiger partial charge in [-0.15, -0.1) is 11.3 Å². The molecule has 3 aromatic carbocycles. The molecule has 4 nitrogen and oxygen atoms in total. The summed E-state index contributed by atoms with van der Waals surface area (Å²) in [6.45, 7) is 4.04. The third-order valence-corrected chi connectivity index (χ3v) is 7.44. The van der Waals surface area contributed by atoms with Gasteiger partial charge in [0, 0.05) is 18.1 Å². The quantitative estimate of drug-likeness (QED) is 0.303. The lowest BCUT2D eigenvalue weighted by Gasteiger charge is -2.24. The highest BCUT2D eigenvalue weighted by atomic mass is 32.1. The second kappa shape index (κ2) is 8.75. The zero-order chi connectivity index (χ0) is 22.9. The number of nitrogens with zero attached hydrogens (tertiary/aromatic N) is 3. The molecule has 5 heteroatoms. The Kier molecular flexibility index (Phi) is 5.65. The van der Waals surface area contributed by atoms with E-state index in [4.69, 9.17) is 9.97 Å². The number of hydrogen-bond acceptors (Lipinski definition) is 4. The minimum Gasteiger partial charge on any atom is -0.336 e. The SMILES string of the molecule is Cc1nc2ccccc2c(-c2ccccc2)c1CC(=O)N(C)C(C)c1nc2ccccc2s1. The predicted octanol–water partition coefficient (Wildman–Crippen LogP) is 6.58. The molecule has 5 rings (SSSR count). The molecular formula is C28H25N3OS. The summed E-state index contributed by atoms with van der Waals surface area (Å²) in [5.74, 6) is 0.0547. The molecule has 164 valence electrons. The van der Waals surface area contributed by atoms with Crippen molar-refractivity contribution in [2.45, 2.75) is 26.3 Å². The number of likely N-dealkylation sites (N-methyl/N-ethyl adjacent to an activating group) is 1. The molecule has 0 aliphatic heterocycles. The molecule has 5 aromatic rings. The van der Waals surface area contributed by atoms with E-state index in [0.717, 1.165) is 48.5 Å². The minimum atomic E-state index is -0.108. The van der Waals surface area contributed by atoms with Crippen LogP contribution in [0.5, 0.6) is 0 Å². The number of para-hydroxylation sites is 2. The Balaban J connectivity index is 1.52. The highest BCUT2D eigenvalue weighted by Gasteiger charge is 2.24. The summed E-state index contributed by atoms with van der Waals surface area (Å²) in [6.07, 6.45) is 0.291. The molecule has 0 aliphatic carbocycles. The van der Waals surface area contributed by atoms with Gasteiger partial charge in [0.1, 0.15) is 5.01 Å². The van der Waals surface area contributed by atoms with Crippen molar-refractivity contribution in [3.05, 3.63) is 95.1 Å². The van der Waals surface area contributed by atoms with Crippen LogP contribution in [0.15, 0.2) is 78.9 Å². The maximum Gasteiger partial charge on any atom is 0.227 e. The van der Waals surface area contributed by atoms with E-state index in [2.05, 4.69) is 24.3 Å². The number of rotatable bonds is 5. The number of benzene rings is 3. The molecule has 1 unspecified atom stereocenters. The van der Waals surface area contributed by atoms with Gasteiger partial charge in [0.2, 0.25) is 5.91 Å².